The molecule has 180 valence electrons. The SMILES string of the molecule is COC(=O)c1ccccc1NC(=O)Cn1nc2c(Oc3ccc(C)cc3)nc3ccccc3n2c1=O. The molecule has 5 rings (SSSR count). The average Bonchev–Trinajstić information content (AvgIpc) is 3.21. The lowest BCUT2D eigenvalue weighted by Crippen LogP contribution is -2.28. The van der Waals surface area contributed by atoms with Crippen LogP contribution < -0.4 is 15.7 Å². The number of carbonyl (C=O) groups excluding carboxylic acids is 2. The third-order valence-electron chi connectivity index (χ3n) is 5.51. The number of para-hydroxylation sites is 3. The minimum atomic E-state index is -0.591. The molecular formula is C26H21N5O5. The fourth-order valence-corrected chi connectivity index (χ4v) is 3.77. The molecule has 0 atom stereocenters. The fourth-order valence-electron chi connectivity index (χ4n) is 3.77. The van der Waals surface area contributed by atoms with Gasteiger partial charge in [0.05, 0.1) is 29.4 Å². The van der Waals surface area contributed by atoms with Crippen LogP contribution in [-0.4, -0.2) is 38.2 Å². The van der Waals surface area contributed by atoms with Crippen LogP contribution in [0.5, 0.6) is 11.6 Å². The lowest BCUT2D eigenvalue weighted by atomic mass is 10.2. The van der Waals surface area contributed by atoms with E-state index >= 15 is 0 Å². The molecule has 0 unspecified atom stereocenters. The highest BCUT2D eigenvalue weighted by molar-refractivity contribution is 6.01. The number of nitrogens with zero attached hydrogens (tertiary/aromatic N) is 4. The topological polar surface area (TPSA) is 117 Å². The Kier molecular flexibility index (Phi) is 5.91. The number of carbonyl (C=O) groups is 2. The van der Waals surface area contributed by atoms with Crippen LogP contribution in [-0.2, 0) is 16.1 Å². The molecule has 36 heavy (non-hydrogen) atoms. The first-order valence-electron chi connectivity index (χ1n) is 11.0. The Balaban J connectivity index is 1.53. The summed E-state index contributed by atoms with van der Waals surface area (Å²) in [5.74, 6) is -0.476. The fraction of sp³-hybridized carbons (Fsp3) is 0.115. The standard InChI is InChI=1S/C26H21N5O5/c1-16-11-13-17(14-12-16)36-24-23-29-30(26(34)31(23)21-10-6-5-9-20(21)28-24)15-22(32)27-19-8-4-3-7-18(19)25(33)35-2/h3-14H,15H2,1-2H3,(H,27,32). The largest absolute Gasteiger partial charge is 0.465 e. The number of nitrogens with one attached hydrogen (secondary N) is 1. The number of aryl methyl sites for hydroxylation is 1. The minimum absolute atomic E-state index is 0.129. The van der Waals surface area contributed by atoms with E-state index in [9.17, 15) is 14.4 Å². The van der Waals surface area contributed by atoms with E-state index in [0.717, 1.165) is 10.2 Å². The Morgan fingerprint density at radius 1 is 0.972 bits per heavy atom. The van der Waals surface area contributed by atoms with Gasteiger partial charge in [0.15, 0.2) is 0 Å². The Morgan fingerprint density at radius 2 is 1.69 bits per heavy atom. The third-order valence-corrected chi connectivity index (χ3v) is 5.51. The number of fused-ring (bicyclic) bond motifs is 3. The van der Waals surface area contributed by atoms with Crippen LogP contribution in [0.15, 0.2) is 77.6 Å². The van der Waals surface area contributed by atoms with Gasteiger partial charge in [-0.25, -0.2) is 23.7 Å². The molecule has 2 heterocycles. The Morgan fingerprint density at radius 3 is 2.47 bits per heavy atom. The maximum Gasteiger partial charge on any atom is 0.351 e. The summed E-state index contributed by atoms with van der Waals surface area (Å²) in [7, 11) is 1.26. The maximum absolute atomic E-state index is 13.3. The monoisotopic (exact) mass is 483 g/mol. The van der Waals surface area contributed by atoms with Gasteiger partial charge >= 0.3 is 11.7 Å². The van der Waals surface area contributed by atoms with E-state index in [2.05, 4.69) is 15.4 Å². The molecule has 10 heteroatoms. The highest BCUT2D eigenvalue weighted by atomic mass is 16.5. The van der Waals surface area contributed by atoms with Gasteiger partial charge < -0.3 is 14.8 Å². The molecule has 5 aromatic rings. The summed E-state index contributed by atoms with van der Waals surface area (Å²) in [5.41, 5.74) is 2.22. The molecule has 1 amide bonds. The van der Waals surface area contributed by atoms with Crippen molar-refractivity contribution in [1.29, 1.82) is 0 Å². The number of methoxy groups -OCH3 is 1. The van der Waals surface area contributed by atoms with Crippen LogP contribution >= 0.6 is 0 Å². The number of aromatic nitrogens is 4. The zero-order valence-corrected chi connectivity index (χ0v) is 19.5. The first-order valence-corrected chi connectivity index (χ1v) is 11.0. The average molecular weight is 483 g/mol. The van der Waals surface area contributed by atoms with Gasteiger partial charge in [-0.1, -0.05) is 42.0 Å². The van der Waals surface area contributed by atoms with Crippen molar-refractivity contribution in [2.45, 2.75) is 13.5 Å². The van der Waals surface area contributed by atoms with E-state index in [1.807, 2.05) is 19.1 Å². The van der Waals surface area contributed by atoms with Crippen molar-refractivity contribution in [3.63, 3.8) is 0 Å². The van der Waals surface area contributed by atoms with Gasteiger partial charge in [0.1, 0.15) is 12.3 Å². The molecule has 10 nitrogen and oxygen atoms in total. The second-order valence-corrected chi connectivity index (χ2v) is 8.01. The number of ether oxygens (including phenoxy) is 2. The van der Waals surface area contributed by atoms with Crippen molar-refractivity contribution in [2.75, 3.05) is 12.4 Å². The van der Waals surface area contributed by atoms with E-state index in [1.165, 1.54) is 17.6 Å². The molecule has 3 aromatic carbocycles. The van der Waals surface area contributed by atoms with Crippen molar-refractivity contribution in [2.24, 2.45) is 0 Å². The summed E-state index contributed by atoms with van der Waals surface area (Å²) in [6, 6.07) is 20.9. The van der Waals surface area contributed by atoms with E-state index in [4.69, 9.17) is 9.47 Å². The van der Waals surface area contributed by atoms with E-state index in [-0.39, 0.29) is 22.8 Å². The summed E-state index contributed by atoms with van der Waals surface area (Å²) < 4.78 is 13.1. The molecule has 0 aliphatic carbocycles. The van der Waals surface area contributed by atoms with Crippen molar-refractivity contribution >= 4 is 34.2 Å². The van der Waals surface area contributed by atoms with E-state index < -0.39 is 24.1 Å². The highest BCUT2D eigenvalue weighted by Gasteiger charge is 2.20. The maximum atomic E-state index is 13.3. The number of anilines is 1. The van der Waals surface area contributed by atoms with Gasteiger partial charge in [-0.3, -0.25) is 4.79 Å². The quantitative estimate of drug-likeness (QED) is 0.367. The molecule has 1 N–H and O–H groups in total. The molecule has 0 saturated heterocycles. The highest BCUT2D eigenvalue weighted by Crippen LogP contribution is 2.26. The van der Waals surface area contributed by atoms with Crippen LogP contribution in [0.1, 0.15) is 15.9 Å². The second-order valence-electron chi connectivity index (χ2n) is 8.01. The molecule has 0 bridgehead atoms. The van der Waals surface area contributed by atoms with Crippen molar-refractivity contribution in [3.05, 3.63) is 94.4 Å². The number of benzene rings is 3. The predicted octanol–water partition coefficient (Wildman–Crippen LogP) is 3.57. The molecule has 2 aromatic heterocycles. The normalized spacial score (nSPS) is 10.9. The first-order chi connectivity index (χ1) is 17.4. The van der Waals surface area contributed by atoms with Gasteiger partial charge in [0, 0.05) is 0 Å². The van der Waals surface area contributed by atoms with Crippen molar-refractivity contribution in [3.8, 4) is 11.6 Å². The van der Waals surface area contributed by atoms with E-state index in [0.29, 0.717) is 16.8 Å². The van der Waals surface area contributed by atoms with Crippen LogP contribution in [0.25, 0.3) is 16.7 Å². The predicted molar refractivity (Wildman–Crippen MR) is 132 cm³/mol. The number of esters is 1. The zero-order chi connectivity index (χ0) is 25.2. The van der Waals surface area contributed by atoms with Gasteiger partial charge in [0.2, 0.25) is 11.6 Å². The van der Waals surface area contributed by atoms with Gasteiger partial charge in [0.25, 0.3) is 5.88 Å². The zero-order valence-electron chi connectivity index (χ0n) is 19.5. The molecule has 0 radical (unpaired) electrons. The van der Waals surface area contributed by atoms with Crippen molar-refractivity contribution in [1.82, 2.24) is 19.2 Å². The second kappa shape index (κ2) is 9.34. The van der Waals surface area contributed by atoms with Crippen LogP contribution in [0.4, 0.5) is 5.69 Å². The summed E-state index contributed by atoms with van der Waals surface area (Å²) in [5, 5.41) is 7.01. The third kappa shape index (κ3) is 4.27. The number of rotatable bonds is 6. The van der Waals surface area contributed by atoms with Gasteiger partial charge in [-0.05, 0) is 43.3 Å². The Hall–Kier alpha value is -4.99. The smallest absolute Gasteiger partial charge is 0.351 e. The minimum Gasteiger partial charge on any atom is -0.465 e. The van der Waals surface area contributed by atoms with E-state index in [1.54, 1.807) is 54.6 Å². The summed E-state index contributed by atoms with van der Waals surface area (Å²) in [6.45, 7) is 1.57. The van der Waals surface area contributed by atoms with Crippen LogP contribution in [0.3, 0.4) is 0 Å². The van der Waals surface area contributed by atoms with Crippen LogP contribution in [0.2, 0.25) is 0 Å². The van der Waals surface area contributed by atoms with Crippen LogP contribution in [0, 0.1) is 6.92 Å². The first kappa shape index (κ1) is 22.8. The number of hydrogen-bond donors (Lipinski definition) is 1. The molecule has 0 spiro atoms. The Bertz CT molecular complexity index is 1670. The summed E-state index contributed by atoms with van der Waals surface area (Å²) in [4.78, 5) is 42.7. The summed E-state index contributed by atoms with van der Waals surface area (Å²) >= 11 is 0. The lowest BCUT2D eigenvalue weighted by molar-refractivity contribution is -0.117. The van der Waals surface area contributed by atoms with Crippen molar-refractivity contribution < 1.29 is 19.1 Å². The molecular weight excluding hydrogens is 462 g/mol. The number of amides is 1. The summed E-state index contributed by atoms with van der Waals surface area (Å²) in [6.07, 6.45) is 0. The number of hydrogen-bond acceptors (Lipinski definition) is 7. The molecule has 0 fully saturated rings. The Labute approximate surface area is 204 Å². The molecule has 0 aliphatic heterocycles. The lowest BCUT2D eigenvalue weighted by Gasteiger charge is -2.09. The molecule has 0 saturated carbocycles. The molecule has 0 aliphatic rings. The van der Waals surface area contributed by atoms with Gasteiger partial charge in [-0.15, -0.1) is 5.10 Å². The van der Waals surface area contributed by atoms with Gasteiger partial charge in [-0.2, -0.15) is 0 Å².